The van der Waals surface area contributed by atoms with E-state index in [1.807, 2.05) is 0 Å². The number of nitrogens with one attached hydrogen (secondary N) is 3. The number of aliphatic hydroxyl groups is 1. The number of amides is 3. The fourth-order valence-electron chi connectivity index (χ4n) is 2.61. The van der Waals surface area contributed by atoms with Gasteiger partial charge in [0.2, 0.25) is 17.7 Å². The maximum absolute atomic E-state index is 12.6. The first-order chi connectivity index (χ1) is 15.3. The Morgan fingerprint density at radius 3 is 1.91 bits per heavy atom. The molecule has 0 bridgehead atoms. The quantitative estimate of drug-likeness (QED) is 0.163. The van der Waals surface area contributed by atoms with Crippen molar-refractivity contribution >= 4 is 29.7 Å². The van der Waals surface area contributed by atoms with E-state index < -0.39 is 66.4 Å². The summed E-state index contributed by atoms with van der Waals surface area (Å²) in [5.41, 5.74) is 5.95. The number of rotatable bonds is 12. The van der Waals surface area contributed by atoms with Crippen molar-refractivity contribution in [2.24, 2.45) is 5.73 Å². The minimum atomic E-state index is -1.64. The Labute approximate surface area is 189 Å². The zero-order valence-electron chi connectivity index (χ0n) is 18.0. The van der Waals surface area contributed by atoms with E-state index in [2.05, 4.69) is 16.0 Å². The van der Waals surface area contributed by atoms with E-state index in [4.69, 9.17) is 10.8 Å². The second-order valence-electron chi connectivity index (χ2n) is 7.43. The number of carboxylic acid groups (broad SMARTS) is 2. The third kappa shape index (κ3) is 9.13. The Hall–Kier alpha value is -3.71. The van der Waals surface area contributed by atoms with Crippen molar-refractivity contribution in [3.05, 3.63) is 29.8 Å². The van der Waals surface area contributed by atoms with Crippen LogP contribution in [0.5, 0.6) is 5.75 Å². The smallest absolute Gasteiger partial charge is 0.326 e. The van der Waals surface area contributed by atoms with E-state index in [9.17, 15) is 39.3 Å². The maximum atomic E-state index is 12.6. The Bertz CT molecular complexity index is 873. The lowest BCUT2D eigenvalue weighted by atomic mass is 10.0. The van der Waals surface area contributed by atoms with E-state index in [1.54, 1.807) is 0 Å². The summed E-state index contributed by atoms with van der Waals surface area (Å²) in [7, 11) is 0. The summed E-state index contributed by atoms with van der Waals surface area (Å²) in [5.74, 6) is -5.69. The second-order valence-corrected chi connectivity index (χ2v) is 7.43. The van der Waals surface area contributed by atoms with Gasteiger partial charge in [0.25, 0.3) is 0 Å². The number of aliphatic carboxylic acids is 2. The molecular weight excluding hydrogens is 440 g/mol. The van der Waals surface area contributed by atoms with Crippen LogP contribution < -0.4 is 21.7 Å². The van der Waals surface area contributed by atoms with Crippen LogP contribution in [0.25, 0.3) is 0 Å². The summed E-state index contributed by atoms with van der Waals surface area (Å²) in [6.07, 6.45) is -2.21. The molecule has 3 amide bonds. The van der Waals surface area contributed by atoms with Crippen LogP contribution in [0.2, 0.25) is 0 Å². The molecule has 182 valence electrons. The fraction of sp³-hybridized carbons (Fsp3) is 0.450. The highest BCUT2D eigenvalue weighted by atomic mass is 16.4. The van der Waals surface area contributed by atoms with Gasteiger partial charge in [-0.05, 0) is 31.5 Å². The van der Waals surface area contributed by atoms with E-state index in [0.717, 1.165) is 0 Å². The molecule has 9 N–H and O–H groups in total. The molecular formula is C20H28N4O9. The first-order valence-electron chi connectivity index (χ1n) is 9.89. The van der Waals surface area contributed by atoms with Crippen LogP contribution >= 0.6 is 0 Å². The number of carbonyl (C=O) groups excluding carboxylic acids is 3. The van der Waals surface area contributed by atoms with Gasteiger partial charge in [0, 0.05) is 6.42 Å². The number of nitrogens with two attached hydrogens (primary N) is 1. The van der Waals surface area contributed by atoms with Crippen molar-refractivity contribution in [1.82, 2.24) is 16.0 Å². The third-order valence-corrected chi connectivity index (χ3v) is 4.58. The topological polar surface area (TPSA) is 228 Å². The summed E-state index contributed by atoms with van der Waals surface area (Å²) in [6, 6.07) is -0.0521. The molecule has 0 fully saturated rings. The van der Waals surface area contributed by atoms with Gasteiger partial charge in [0.1, 0.15) is 29.9 Å². The zero-order valence-corrected chi connectivity index (χ0v) is 18.0. The third-order valence-electron chi connectivity index (χ3n) is 4.58. The Kier molecular flexibility index (Phi) is 10.2. The van der Waals surface area contributed by atoms with Crippen LogP contribution in [0.3, 0.4) is 0 Å². The predicted octanol–water partition coefficient (Wildman–Crippen LogP) is -2.32. The van der Waals surface area contributed by atoms with E-state index in [-0.39, 0.29) is 12.2 Å². The number of phenols is 1. The van der Waals surface area contributed by atoms with Crippen LogP contribution in [-0.4, -0.2) is 80.4 Å². The monoisotopic (exact) mass is 468 g/mol. The minimum Gasteiger partial charge on any atom is -0.508 e. The summed E-state index contributed by atoms with van der Waals surface area (Å²) in [5, 5.41) is 43.7. The maximum Gasteiger partial charge on any atom is 0.326 e. The standard InChI is InChI=1S/C20H28N4O9/c1-9(22-19(31)16(21)10(2)25)17(29)23-13(8-15(27)28)18(30)24-14(20(32)33)7-11-3-5-12(26)6-4-11/h3-6,9-10,13-14,16,25-26H,7-8,21H2,1-2H3,(H,22,31)(H,23,29)(H,24,30)(H,27,28)(H,32,33). The van der Waals surface area contributed by atoms with Crippen molar-refractivity contribution in [2.45, 2.75) is 57.0 Å². The molecule has 0 aliphatic carbocycles. The highest BCUT2D eigenvalue weighted by Gasteiger charge is 2.30. The highest BCUT2D eigenvalue weighted by Crippen LogP contribution is 2.11. The normalized spacial score (nSPS) is 15.3. The van der Waals surface area contributed by atoms with Crippen molar-refractivity contribution < 1.29 is 44.4 Å². The molecule has 0 saturated carbocycles. The van der Waals surface area contributed by atoms with E-state index >= 15 is 0 Å². The van der Waals surface area contributed by atoms with Crippen molar-refractivity contribution in [3.8, 4) is 5.75 Å². The largest absolute Gasteiger partial charge is 0.508 e. The van der Waals surface area contributed by atoms with Gasteiger partial charge in [-0.2, -0.15) is 0 Å². The molecule has 0 aromatic heterocycles. The lowest BCUT2D eigenvalue weighted by molar-refractivity contribution is -0.143. The van der Waals surface area contributed by atoms with Crippen LogP contribution in [0, 0.1) is 0 Å². The molecule has 5 unspecified atom stereocenters. The number of phenolic OH excluding ortho intramolecular Hbond substituents is 1. The van der Waals surface area contributed by atoms with E-state index in [1.165, 1.54) is 38.1 Å². The molecule has 1 aromatic carbocycles. The Morgan fingerprint density at radius 2 is 1.42 bits per heavy atom. The molecule has 0 aliphatic heterocycles. The van der Waals surface area contributed by atoms with Crippen molar-refractivity contribution in [3.63, 3.8) is 0 Å². The van der Waals surface area contributed by atoms with Gasteiger partial charge in [0.05, 0.1) is 12.5 Å². The molecule has 33 heavy (non-hydrogen) atoms. The number of hydrogen-bond acceptors (Lipinski definition) is 8. The SMILES string of the molecule is CC(NC(=O)C(N)C(C)O)C(=O)NC(CC(=O)O)C(=O)NC(Cc1ccc(O)cc1)C(=O)O. The summed E-state index contributed by atoms with van der Waals surface area (Å²) < 4.78 is 0. The van der Waals surface area contributed by atoms with Gasteiger partial charge in [-0.25, -0.2) is 4.79 Å². The summed E-state index contributed by atoms with van der Waals surface area (Å²) in [6.45, 7) is 2.53. The van der Waals surface area contributed by atoms with Crippen LogP contribution in [0.15, 0.2) is 24.3 Å². The second kappa shape index (κ2) is 12.4. The number of aromatic hydroxyl groups is 1. The first kappa shape index (κ1) is 27.3. The Balaban J connectivity index is 2.87. The first-order valence-corrected chi connectivity index (χ1v) is 9.89. The number of benzene rings is 1. The number of hydrogen-bond donors (Lipinski definition) is 8. The van der Waals surface area contributed by atoms with Crippen molar-refractivity contribution in [1.29, 1.82) is 0 Å². The Morgan fingerprint density at radius 1 is 0.879 bits per heavy atom. The molecule has 1 rings (SSSR count). The van der Waals surface area contributed by atoms with Gasteiger partial charge in [-0.3, -0.25) is 19.2 Å². The van der Waals surface area contributed by atoms with Gasteiger partial charge >= 0.3 is 11.9 Å². The number of aliphatic hydroxyl groups excluding tert-OH is 1. The van der Waals surface area contributed by atoms with Crippen molar-refractivity contribution in [2.75, 3.05) is 0 Å². The van der Waals surface area contributed by atoms with Gasteiger partial charge < -0.3 is 42.1 Å². The fourth-order valence-corrected chi connectivity index (χ4v) is 2.61. The van der Waals surface area contributed by atoms with Crippen LogP contribution in [-0.2, 0) is 30.4 Å². The average molecular weight is 468 g/mol. The molecule has 5 atom stereocenters. The number of carbonyl (C=O) groups is 5. The van der Waals surface area contributed by atoms with Gasteiger partial charge in [-0.15, -0.1) is 0 Å². The molecule has 0 aliphatic rings. The van der Waals surface area contributed by atoms with Gasteiger partial charge in [-0.1, -0.05) is 12.1 Å². The van der Waals surface area contributed by atoms with Crippen LogP contribution in [0.1, 0.15) is 25.8 Å². The molecule has 0 saturated heterocycles. The molecule has 13 nitrogen and oxygen atoms in total. The zero-order chi connectivity index (χ0) is 25.3. The van der Waals surface area contributed by atoms with E-state index in [0.29, 0.717) is 5.56 Å². The molecule has 0 heterocycles. The van der Waals surface area contributed by atoms with Crippen LogP contribution in [0.4, 0.5) is 0 Å². The highest BCUT2D eigenvalue weighted by molar-refractivity contribution is 5.95. The lowest BCUT2D eigenvalue weighted by Gasteiger charge is -2.23. The predicted molar refractivity (Wildman–Crippen MR) is 113 cm³/mol. The minimum absolute atomic E-state index is 0.0329. The summed E-state index contributed by atoms with van der Waals surface area (Å²) in [4.78, 5) is 59.6. The van der Waals surface area contributed by atoms with Gasteiger partial charge in [0.15, 0.2) is 0 Å². The average Bonchev–Trinajstić information content (AvgIpc) is 2.72. The lowest BCUT2D eigenvalue weighted by Crippen LogP contribution is -2.57. The molecule has 0 radical (unpaired) electrons. The molecule has 0 spiro atoms. The number of carboxylic acids is 2. The molecule has 13 heteroatoms. The summed E-state index contributed by atoms with van der Waals surface area (Å²) >= 11 is 0. The molecule has 1 aromatic rings.